The topological polar surface area (TPSA) is 43.1 Å². The second-order valence-corrected chi connectivity index (χ2v) is 2.44. The summed E-state index contributed by atoms with van der Waals surface area (Å²) in [7, 11) is 0. The molecule has 0 aliphatic carbocycles. The molecule has 1 rings (SSSR count). The van der Waals surface area contributed by atoms with Crippen LogP contribution in [0.25, 0.3) is 0 Å². The summed E-state index contributed by atoms with van der Waals surface area (Å²) in [5, 5.41) is 0. The summed E-state index contributed by atoms with van der Waals surface area (Å²) in [5.74, 6) is -0.739. The van der Waals surface area contributed by atoms with E-state index in [2.05, 4.69) is 0 Å². The van der Waals surface area contributed by atoms with E-state index >= 15 is 0 Å². The monoisotopic (exact) mass is 166 g/mol. The molecule has 1 amide bonds. The van der Waals surface area contributed by atoms with Crippen LogP contribution in [0.4, 0.5) is 4.39 Å². The predicted molar refractivity (Wildman–Crippen MR) is 43.6 cm³/mol. The number of halogens is 1. The lowest BCUT2D eigenvalue weighted by Crippen LogP contribution is -2.12. The highest BCUT2D eigenvalue weighted by Gasteiger charge is 1.97. The molecule has 3 heteroatoms. The van der Waals surface area contributed by atoms with Crippen molar-refractivity contribution in [1.29, 1.82) is 0 Å². The predicted octanol–water partition coefficient (Wildman–Crippen LogP) is 1.06. The number of nitrogens with two attached hydrogens (primary N) is 1. The van der Waals surface area contributed by atoms with Gasteiger partial charge in [0, 0.05) is 0 Å². The molecular weight excluding hydrogens is 157 g/mol. The zero-order chi connectivity index (χ0) is 8.97. The minimum atomic E-state index is -0.459. The van der Waals surface area contributed by atoms with Gasteiger partial charge in [0.15, 0.2) is 0 Å². The van der Waals surface area contributed by atoms with Gasteiger partial charge in [0.25, 0.3) is 0 Å². The smallest absolute Gasteiger partial charge is 0.221 e. The van der Waals surface area contributed by atoms with Crippen molar-refractivity contribution < 1.29 is 9.18 Å². The molecule has 1 aromatic carbocycles. The second kappa shape index (κ2) is 3.85. The number of carbonyl (C=O) groups excluding carboxylic acids is 1. The number of hydrogen-bond acceptors (Lipinski definition) is 1. The molecule has 0 fully saturated rings. The second-order valence-electron chi connectivity index (χ2n) is 2.44. The molecule has 0 bridgehead atoms. The maximum atomic E-state index is 12.4. The number of carbonyl (C=O) groups is 1. The highest BCUT2D eigenvalue weighted by Crippen LogP contribution is 2.04. The van der Waals surface area contributed by atoms with Gasteiger partial charge >= 0.3 is 0 Å². The summed E-state index contributed by atoms with van der Waals surface area (Å²) in [6, 6.07) is 5.94. The molecule has 0 heterocycles. The molecule has 1 radical (unpaired) electrons. The highest BCUT2D eigenvalue weighted by atomic mass is 19.1. The van der Waals surface area contributed by atoms with Crippen LogP contribution in [0.2, 0.25) is 0 Å². The average Bonchev–Trinajstić information content (AvgIpc) is 2.03. The van der Waals surface area contributed by atoms with Crippen LogP contribution >= 0.6 is 0 Å². The summed E-state index contributed by atoms with van der Waals surface area (Å²) >= 11 is 0. The van der Waals surface area contributed by atoms with Gasteiger partial charge in [-0.2, -0.15) is 0 Å². The molecule has 0 aliphatic heterocycles. The Hall–Kier alpha value is -1.38. The van der Waals surface area contributed by atoms with Crippen LogP contribution in [-0.2, 0) is 11.2 Å². The van der Waals surface area contributed by atoms with Crippen molar-refractivity contribution in [3.05, 3.63) is 42.1 Å². The minimum absolute atomic E-state index is 0.280. The van der Waals surface area contributed by atoms with E-state index in [1.807, 2.05) is 0 Å². The van der Waals surface area contributed by atoms with E-state index in [1.54, 1.807) is 12.1 Å². The average molecular weight is 166 g/mol. The third-order valence-corrected chi connectivity index (χ3v) is 1.45. The van der Waals surface area contributed by atoms with Crippen LogP contribution in [0.15, 0.2) is 24.3 Å². The molecule has 63 valence electrons. The van der Waals surface area contributed by atoms with E-state index in [0.29, 0.717) is 6.42 Å². The SMILES string of the molecule is NC(=O)[CH]Cc1ccc(F)cc1. The van der Waals surface area contributed by atoms with Gasteiger partial charge in [0.1, 0.15) is 5.82 Å². The van der Waals surface area contributed by atoms with Gasteiger partial charge in [0.05, 0.1) is 6.42 Å². The Bertz CT molecular complexity index is 268. The largest absolute Gasteiger partial charge is 0.369 e. The Kier molecular flexibility index (Phi) is 2.80. The maximum Gasteiger partial charge on any atom is 0.221 e. The number of rotatable bonds is 3. The number of primary amides is 1. The fraction of sp³-hybridized carbons (Fsp3) is 0.111. The fourth-order valence-electron chi connectivity index (χ4n) is 0.839. The van der Waals surface area contributed by atoms with Crippen LogP contribution in [0.3, 0.4) is 0 Å². The summed E-state index contributed by atoms with van der Waals surface area (Å²) in [5.41, 5.74) is 5.77. The first-order chi connectivity index (χ1) is 5.68. The Morgan fingerprint density at radius 1 is 1.42 bits per heavy atom. The van der Waals surface area contributed by atoms with Crippen molar-refractivity contribution in [1.82, 2.24) is 0 Å². The number of benzene rings is 1. The van der Waals surface area contributed by atoms with Crippen molar-refractivity contribution in [3.63, 3.8) is 0 Å². The fourth-order valence-corrected chi connectivity index (χ4v) is 0.839. The van der Waals surface area contributed by atoms with E-state index in [0.717, 1.165) is 5.56 Å². The lowest BCUT2D eigenvalue weighted by molar-refractivity contribution is -0.115. The molecule has 0 aliphatic rings. The Labute approximate surface area is 70.2 Å². The molecule has 1 aromatic rings. The summed E-state index contributed by atoms with van der Waals surface area (Å²) in [6.45, 7) is 0. The van der Waals surface area contributed by atoms with Crippen molar-refractivity contribution in [3.8, 4) is 0 Å². The third kappa shape index (κ3) is 2.70. The first-order valence-corrected chi connectivity index (χ1v) is 3.55. The van der Waals surface area contributed by atoms with Crippen LogP contribution < -0.4 is 5.73 Å². The molecular formula is C9H9FNO. The summed E-state index contributed by atoms with van der Waals surface area (Å²) in [4.78, 5) is 10.3. The van der Waals surface area contributed by atoms with Crippen LogP contribution in [-0.4, -0.2) is 5.91 Å². The number of hydrogen-bond donors (Lipinski definition) is 1. The first kappa shape index (κ1) is 8.71. The molecule has 0 saturated heterocycles. The Morgan fingerprint density at radius 3 is 2.50 bits per heavy atom. The van der Waals surface area contributed by atoms with E-state index in [-0.39, 0.29) is 5.82 Å². The Balaban J connectivity index is 2.53. The van der Waals surface area contributed by atoms with Crippen LogP contribution in [0, 0.1) is 12.2 Å². The lowest BCUT2D eigenvalue weighted by Gasteiger charge is -1.96. The summed E-state index contributed by atoms with van der Waals surface area (Å²) < 4.78 is 12.4. The van der Waals surface area contributed by atoms with Crippen molar-refractivity contribution in [2.24, 2.45) is 5.73 Å². The molecule has 2 N–H and O–H groups in total. The van der Waals surface area contributed by atoms with Gasteiger partial charge < -0.3 is 5.73 Å². The van der Waals surface area contributed by atoms with Gasteiger partial charge in [-0.15, -0.1) is 0 Å². The molecule has 0 saturated carbocycles. The molecule has 2 nitrogen and oxygen atoms in total. The van der Waals surface area contributed by atoms with Gasteiger partial charge in [-0.05, 0) is 24.1 Å². The van der Waals surface area contributed by atoms with E-state index in [1.165, 1.54) is 18.6 Å². The van der Waals surface area contributed by atoms with Crippen molar-refractivity contribution in [2.45, 2.75) is 6.42 Å². The third-order valence-electron chi connectivity index (χ3n) is 1.45. The van der Waals surface area contributed by atoms with Gasteiger partial charge in [-0.25, -0.2) is 4.39 Å². The van der Waals surface area contributed by atoms with Crippen LogP contribution in [0.1, 0.15) is 5.56 Å². The van der Waals surface area contributed by atoms with E-state index in [4.69, 9.17) is 5.73 Å². The molecule has 0 aromatic heterocycles. The van der Waals surface area contributed by atoms with Gasteiger partial charge in [0.2, 0.25) is 5.91 Å². The summed E-state index contributed by atoms with van der Waals surface area (Å²) in [6.07, 6.45) is 1.81. The van der Waals surface area contributed by atoms with E-state index < -0.39 is 5.91 Å². The quantitative estimate of drug-likeness (QED) is 0.716. The zero-order valence-electron chi connectivity index (χ0n) is 6.46. The van der Waals surface area contributed by atoms with Crippen LogP contribution in [0.5, 0.6) is 0 Å². The van der Waals surface area contributed by atoms with Gasteiger partial charge in [-0.3, -0.25) is 4.79 Å². The number of amides is 1. The zero-order valence-corrected chi connectivity index (χ0v) is 6.46. The van der Waals surface area contributed by atoms with Crippen molar-refractivity contribution in [2.75, 3.05) is 0 Å². The maximum absolute atomic E-state index is 12.4. The molecule has 0 spiro atoms. The minimum Gasteiger partial charge on any atom is -0.369 e. The van der Waals surface area contributed by atoms with E-state index in [9.17, 15) is 9.18 Å². The molecule has 12 heavy (non-hydrogen) atoms. The Morgan fingerprint density at radius 2 is 2.00 bits per heavy atom. The first-order valence-electron chi connectivity index (χ1n) is 3.55. The van der Waals surface area contributed by atoms with Gasteiger partial charge in [-0.1, -0.05) is 12.1 Å². The standard InChI is InChI=1S/C9H9FNO/c10-8-4-1-7(2-5-8)3-6-9(11)12/h1-2,4-6H,3H2,(H2,11,12). The molecule has 0 unspecified atom stereocenters. The lowest BCUT2D eigenvalue weighted by atomic mass is 10.1. The molecule has 0 atom stereocenters. The highest BCUT2D eigenvalue weighted by molar-refractivity contribution is 5.83. The normalized spacial score (nSPS) is 9.75. The van der Waals surface area contributed by atoms with Crippen molar-refractivity contribution >= 4 is 5.91 Å².